The molecule has 0 saturated carbocycles. The van der Waals surface area contributed by atoms with Gasteiger partial charge in [0.25, 0.3) is 0 Å². The minimum atomic E-state index is -0.801. The number of rotatable bonds is 4. The van der Waals surface area contributed by atoms with Crippen LogP contribution >= 0.6 is 11.8 Å². The quantitative estimate of drug-likeness (QED) is 0.592. The second-order valence-electron chi connectivity index (χ2n) is 8.32. The van der Waals surface area contributed by atoms with E-state index < -0.39 is 11.9 Å². The van der Waals surface area contributed by atoms with Gasteiger partial charge in [0.2, 0.25) is 0 Å². The molecular formula is C22H26N4O2S. The van der Waals surface area contributed by atoms with Crippen molar-refractivity contribution in [2.75, 3.05) is 24.2 Å². The Bertz CT molecular complexity index is 945. The molecule has 29 heavy (non-hydrogen) atoms. The van der Waals surface area contributed by atoms with Gasteiger partial charge in [-0.2, -0.15) is 5.26 Å². The molecule has 2 heterocycles. The molecule has 0 amide bonds. The smallest absolute Gasteiger partial charge is 0.308 e. The highest BCUT2D eigenvalue weighted by molar-refractivity contribution is 7.98. The lowest BCUT2D eigenvalue weighted by Crippen LogP contribution is -2.39. The lowest BCUT2D eigenvalue weighted by Gasteiger charge is -2.32. The van der Waals surface area contributed by atoms with Crippen molar-refractivity contribution in [3.8, 4) is 17.3 Å². The number of anilines is 1. The van der Waals surface area contributed by atoms with Gasteiger partial charge in [-0.05, 0) is 30.1 Å². The highest BCUT2D eigenvalue weighted by Crippen LogP contribution is 2.33. The van der Waals surface area contributed by atoms with Gasteiger partial charge in [-0.25, -0.2) is 9.97 Å². The van der Waals surface area contributed by atoms with Crippen molar-refractivity contribution in [3.05, 3.63) is 35.4 Å². The average molecular weight is 411 g/mol. The van der Waals surface area contributed by atoms with Gasteiger partial charge in [-0.3, -0.25) is 4.79 Å². The summed E-state index contributed by atoms with van der Waals surface area (Å²) in [6, 6.07) is 10.4. The predicted octanol–water partition coefficient (Wildman–Crippen LogP) is 4.34. The van der Waals surface area contributed by atoms with Gasteiger partial charge >= 0.3 is 5.97 Å². The molecule has 0 bridgehead atoms. The van der Waals surface area contributed by atoms with E-state index in [-0.39, 0.29) is 5.41 Å². The number of carboxylic acid groups (broad SMARTS) is 1. The van der Waals surface area contributed by atoms with Gasteiger partial charge in [0.15, 0.2) is 11.0 Å². The largest absolute Gasteiger partial charge is 0.481 e. The summed E-state index contributed by atoms with van der Waals surface area (Å²) in [5.41, 5.74) is 3.11. The minimum Gasteiger partial charge on any atom is -0.481 e. The summed E-state index contributed by atoms with van der Waals surface area (Å²) in [5, 5.41) is 19.9. The fourth-order valence-corrected chi connectivity index (χ4v) is 3.92. The molecule has 1 fully saturated rings. The Morgan fingerprint density at radius 2 is 1.97 bits per heavy atom. The average Bonchev–Trinajstić information content (AvgIpc) is 2.72. The second kappa shape index (κ2) is 8.42. The molecule has 1 aliphatic rings. The summed E-state index contributed by atoms with van der Waals surface area (Å²) < 4.78 is 0. The normalized spacial score (nSPS) is 17.1. The van der Waals surface area contributed by atoms with Crippen molar-refractivity contribution in [2.45, 2.75) is 44.2 Å². The number of hydrogen-bond donors (Lipinski definition) is 1. The molecule has 1 aliphatic heterocycles. The Balaban J connectivity index is 2.08. The Labute approximate surface area is 176 Å². The van der Waals surface area contributed by atoms with E-state index in [1.807, 2.05) is 23.3 Å². The van der Waals surface area contributed by atoms with Crippen LogP contribution in [0.3, 0.4) is 0 Å². The standard InChI is InChI=1S/C22H26N4O2S/c1-22(2,3)16-9-7-14(8-10-16)18-17(12-23)19(25-21(24-18)29-4)26-11-5-6-15(13-26)20(27)28/h7-10,15H,5-6,11,13H2,1-4H3,(H,27,28)/t15-/m1/s1. The number of aliphatic carboxylic acids is 1. The van der Waals surface area contributed by atoms with Gasteiger partial charge in [-0.15, -0.1) is 0 Å². The lowest BCUT2D eigenvalue weighted by molar-refractivity contribution is -0.141. The lowest BCUT2D eigenvalue weighted by atomic mass is 9.86. The number of nitriles is 1. The first-order valence-electron chi connectivity index (χ1n) is 9.69. The SMILES string of the molecule is CSc1nc(-c2ccc(C(C)(C)C)cc2)c(C#N)c(N2CCC[C@@H](C(=O)O)C2)n1. The van der Waals surface area contributed by atoms with Crippen molar-refractivity contribution in [3.63, 3.8) is 0 Å². The Morgan fingerprint density at radius 3 is 2.52 bits per heavy atom. The van der Waals surface area contributed by atoms with Crippen LogP contribution in [0, 0.1) is 17.2 Å². The third-order valence-electron chi connectivity index (χ3n) is 5.26. The molecule has 1 aromatic heterocycles. The number of piperidine rings is 1. The fraction of sp³-hybridized carbons (Fsp3) is 0.455. The zero-order chi connectivity index (χ0) is 21.2. The number of carboxylic acids is 1. The predicted molar refractivity (Wildman–Crippen MR) is 115 cm³/mol. The van der Waals surface area contributed by atoms with Crippen molar-refractivity contribution in [1.29, 1.82) is 5.26 Å². The first-order chi connectivity index (χ1) is 13.7. The zero-order valence-corrected chi connectivity index (χ0v) is 18.1. The zero-order valence-electron chi connectivity index (χ0n) is 17.3. The molecular weight excluding hydrogens is 384 g/mol. The Kier molecular flexibility index (Phi) is 6.13. The molecule has 152 valence electrons. The van der Waals surface area contributed by atoms with E-state index >= 15 is 0 Å². The summed E-state index contributed by atoms with van der Waals surface area (Å²) in [6.07, 6.45) is 3.30. The van der Waals surface area contributed by atoms with E-state index in [1.54, 1.807) is 0 Å². The van der Waals surface area contributed by atoms with Gasteiger partial charge in [-0.1, -0.05) is 56.8 Å². The fourth-order valence-electron chi connectivity index (χ4n) is 3.56. The summed E-state index contributed by atoms with van der Waals surface area (Å²) in [4.78, 5) is 22.6. The molecule has 1 aromatic carbocycles. The summed E-state index contributed by atoms with van der Waals surface area (Å²) in [6.45, 7) is 7.52. The number of nitrogens with zero attached hydrogens (tertiary/aromatic N) is 4. The monoisotopic (exact) mass is 410 g/mol. The third kappa shape index (κ3) is 4.54. The molecule has 2 aromatic rings. The molecule has 0 spiro atoms. The number of aromatic nitrogens is 2. The van der Waals surface area contributed by atoms with E-state index in [0.717, 1.165) is 12.0 Å². The van der Waals surface area contributed by atoms with Crippen LogP contribution in [0.15, 0.2) is 29.4 Å². The highest BCUT2D eigenvalue weighted by atomic mass is 32.2. The van der Waals surface area contributed by atoms with E-state index in [1.165, 1.54) is 17.3 Å². The molecule has 0 radical (unpaired) electrons. The maximum absolute atomic E-state index is 11.5. The van der Waals surface area contributed by atoms with E-state index in [2.05, 4.69) is 48.9 Å². The van der Waals surface area contributed by atoms with Gasteiger partial charge in [0, 0.05) is 18.7 Å². The van der Waals surface area contributed by atoms with Crippen molar-refractivity contribution in [1.82, 2.24) is 9.97 Å². The van der Waals surface area contributed by atoms with Crippen LogP contribution in [0.4, 0.5) is 5.82 Å². The first kappa shape index (κ1) is 21.1. The molecule has 7 heteroatoms. The molecule has 0 aliphatic carbocycles. The van der Waals surface area contributed by atoms with Crippen molar-refractivity contribution in [2.24, 2.45) is 5.92 Å². The van der Waals surface area contributed by atoms with Gasteiger partial charge in [0.1, 0.15) is 11.6 Å². The Morgan fingerprint density at radius 1 is 1.28 bits per heavy atom. The molecule has 6 nitrogen and oxygen atoms in total. The number of hydrogen-bond acceptors (Lipinski definition) is 6. The molecule has 1 saturated heterocycles. The maximum atomic E-state index is 11.5. The van der Waals surface area contributed by atoms with E-state index in [0.29, 0.717) is 41.7 Å². The molecule has 3 rings (SSSR count). The maximum Gasteiger partial charge on any atom is 0.308 e. The molecule has 1 N–H and O–H groups in total. The van der Waals surface area contributed by atoms with Crippen molar-refractivity contribution >= 4 is 23.5 Å². The number of thioether (sulfide) groups is 1. The van der Waals surface area contributed by atoms with Crippen LogP contribution in [0.2, 0.25) is 0 Å². The molecule has 0 unspecified atom stereocenters. The first-order valence-corrected chi connectivity index (χ1v) is 10.9. The Hall–Kier alpha value is -2.59. The van der Waals surface area contributed by atoms with Crippen LogP contribution in [-0.2, 0) is 10.2 Å². The second-order valence-corrected chi connectivity index (χ2v) is 9.09. The summed E-state index contributed by atoms with van der Waals surface area (Å²) in [7, 11) is 0. The minimum absolute atomic E-state index is 0.0392. The third-order valence-corrected chi connectivity index (χ3v) is 5.81. The van der Waals surface area contributed by atoms with Crippen LogP contribution in [0.25, 0.3) is 11.3 Å². The molecule has 1 atom stereocenters. The van der Waals surface area contributed by atoms with Gasteiger partial charge in [0.05, 0.1) is 11.6 Å². The topological polar surface area (TPSA) is 90.1 Å². The van der Waals surface area contributed by atoms with E-state index in [4.69, 9.17) is 0 Å². The van der Waals surface area contributed by atoms with Crippen LogP contribution < -0.4 is 4.90 Å². The van der Waals surface area contributed by atoms with Crippen molar-refractivity contribution < 1.29 is 9.90 Å². The van der Waals surface area contributed by atoms with Crippen LogP contribution in [0.5, 0.6) is 0 Å². The van der Waals surface area contributed by atoms with E-state index in [9.17, 15) is 15.2 Å². The van der Waals surface area contributed by atoms with Gasteiger partial charge < -0.3 is 10.0 Å². The van der Waals surface area contributed by atoms with Crippen LogP contribution in [-0.4, -0.2) is 40.4 Å². The number of benzene rings is 1. The highest BCUT2D eigenvalue weighted by Gasteiger charge is 2.29. The number of carbonyl (C=O) groups is 1. The van der Waals surface area contributed by atoms with Crippen LogP contribution in [0.1, 0.15) is 44.7 Å². The summed E-state index contributed by atoms with van der Waals surface area (Å²) >= 11 is 1.41. The summed E-state index contributed by atoms with van der Waals surface area (Å²) in [5.74, 6) is -0.712.